The quantitative estimate of drug-likeness (QED) is 0.0956. The molecular formula is C44H44F3N7O6S. The molecule has 13 nitrogen and oxygen atoms in total. The molecule has 0 spiro atoms. The number of likely N-dealkylation sites (N-methyl/N-ethyl adjacent to an activating group) is 1. The lowest BCUT2D eigenvalue weighted by Crippen LogP contribution is -2.47. The fraction of sp³-hybridized carbons (Fsp3) is 0.364. The first-order valence-corrected chi connectivity index (χ1v) is 20.4. The molecule has 2 aliphatic heterocycles. The fourth-order valence-corrected chi connectivity index (χ4v) is 8.22. The molecule has 61 heavy (non-hydrogen) atoms. The van der Waals surface area contributed by atoms with Crippen molar-refractivity contribution in [1.82, 2.24) is 24.6 Å². The number of nitrogens with zero attached hydrogens (tertiary/aromatic N) is 7. The molecule has 2 fully saturated rings. The van der Waals surface area contributed by atoms with E-state index in [0.29, 0.717) is 18.2 Å². The molecule has 0 saturated carbocycles. The Bertz CT molecular complexity index is 2300. The Hall–Kier alpha value is -5.82. The van der Waals surface area contributed by atoms with Gasteiger partial charge in [-0.1, -0.05) is 30.4 Å². The summed E-state index contributed by atoms with van der Waals surface area (Å²) in [5, 5.41) is 21.8. The molecule has 6 rings (SSSR count). The van der Waals surface area contributed by atoms with Gasteiger partial charge in [0.25, 0.3) is 0 Å². The van der Waals surface area contributed by atoms with Crippen LogP contribution in [0.15, 0.2) is 85.5 Å². The number of benzene rings is 3. The minimum absolute atomic E-state index is 0.0801. The molecule has 1 aromatic heterocycles. The van der Waals surface area contributed by atoms with Gasteiger partial charge in [-0.2, -0.15) is 15.6 Å². The van der Waals surface area contributed by atoms with Crippen LogP contribution in [-0.2, 0) is 42.5 Å². The Morgan fingerprint density at radius 1 is 0.984 bits per heavy atom. The van der Waals surface area contributed by atoms with E-state index >= 15 is 4.39 Å². The van der Waals surface area contributed by atoms with Gasteiger partial charge in [-0.05, 0) is 56.4 Å². The van der Waals surface area contributed by atoms with E-state index in [4.69, 9.17) is 24.2 Å². The highest BCUT2D eigenvalue weighted by atomic mass is 32.2. The lowest BCUT2D eigenvalue weighted by molar-refractivity contribution is -0.146. The molecule has 0 aliphatic carbocycles. The number of halogens is 3. The van der Waals surface area contributed by atoms with Crippen LogP contribution in [0, 0.1) is 40.1 Å². The van der Waals surface area contributed by atoms with Crippen LogP contribution in [-0.4, -0.2) is 106 Å². The summed E-state index contributed by atoms with van der Waals surface area (Å²) in [5.74, 6) is -3.77. The molecule has 0 amide bonds. The maximum absolute atomic E-state index is 16.1. The molecule has 3 aromatic carbocycles. The average molecular weight is 856 g/mol. The Morgan fingerprint density at radius 2 is 1.72 bits per heavy atom. The van der Waals surface area contributed by atoms with Crippen molar-refractivity contribution in [1.29, 1.82) is 10.5 Å². The number of allylic oxidation sites excluding steroid dienone is 2. The van der Waals surface area contributed by atoms with Crippen LogP contribution in [0.4, 0.5) is 13.2 Å². The van der Waals surface area contributed by atoms with E-state index in [1.807, 2.05) is 19.2 Å². The molecule has 0 N–H and O–H groups in total. The topological polar surface area (TPSA) is 156 Å². The summed E-state index contributed by atoms with van der Waals surface area (Å²) in [7, 11) is 2.05. The van der Waals surface area contributed by atoms with E-state index in [9.17, 15) is 23.6 Å². The number of rotatable bonds is 16. The average Bonchev–Trinajstić information content (AvgIpc) is 3.77. The number of nitriles is 2. The standard InChI is InChI=1S/C44H44F3N7O6S/c1-30(61-36-25-58-42(59-26-36)6-4-3-5-33-9-7-32(23-49)20-39(33)46)44(27-54-29-50-28-51-54,38-12-11-35(45)21-40(38)47)60-43(56)37-19-31(22-48)8-10-34(37)24-57-41(55)13-14-53-17-15-52(2)16-18-53/h3-12,19-21,28-30,36,42H,13-18,24-27H2,1-2H3/b5-3+,6-4+/t30-,36?,42?,44-/m1/s1. The maximum Gasteiger partial charge on any atom is 0.339 e. The van der Waals surface area contributed by atoms with Gasteiger partial charge >= 0.3 is 11.9 Å². The third-order valence-corrected chi connectivity index (χ3v) is 11.8. The second kappa shape index (κ2) is 21.1. The van der Waals surface area contributed by atoms with Crippen molar-refractivity contribution < 1.29 is 41.7 Å². The predicted molar refractivity (Wildman–Crippen MR) is 219 cm³/mol. The van der Waals surface area contributed by atoms with Crippen LogP contribution < -0.4 is 0 Å². The van der Waals surface area contributed by atoms with Gasteiger partial charge in [-0.25, -0.2) is 27.6 Å². The van der Waals surface area contributed by atoms with Crippen LogP contribution in [0.25, 0.3) is 6.08 Å². The highest BCUT2D eigenvalue weighted by Gasteiger charge is 2.47. The highest BCUT2D eigenvalue weighted by molar-refractivity contribution is 8.00. The van der Waals surface area contributed by atoms with Crippen molar-refractivity contribution in [3.63, 3.8) is 0 Å². The van der Waals surface area contributed by atoms with E-state index in [-0.39, 0.29) is 65.9 Å². The Labute approximate surface area is 355 Å². The first-order chi connectivity index (χ1) is 29.5. The number of ether oxygens (including phenoxy) is 4. The molecule has 0 bridgehead atoms. The van der Waals surface area contributed by atoms with Gasteiger partial charge < -0.3 is 28.7 Å². The fourth-order valence-electron chi connectivity index (χ4n) is 6.86. The second-order valence-corrected chi connectivity index (χ2v) is 16.2. The smallest absolute Gasteiger partial charge is 0.339 e. The molecule has 4 aromatic rings. The number of hydrogen-bond acceptors (Lipinski definition) is 13. The Balaban J connectivity index is 1.20. The van der Waals surface area contributed by atoms with Crippen LogP contribution in [0.5, 0.6) is 0 Å². The zero-order chi connectivity index (χ0) is 43.4. The van der Waals surface area contributed by atoms with Gasteiger partial charge in [0.15, 0.2) is 11.9 Å². The van der Waals surface area contributed by atoms with Crippen molar-refractivity contribution in [2.24, 2.45) is 0 Å². The van der Waals surface area contributed by atoms with Crippen molar-refractivity contribution in [3.8, 4) is 12.1 Å². The van der Waals surface area contributed by atoms with Gasteiger partial charge in [-0.3, -0.25) is 4.79 Å². The summed E-state index contributed by atoms with van der Waals surface area (Å²) in [6.07, 6.45) is 8.49. The number of carbonyl (C=O) groups is 2. The summed E-state index contributed by atoms with van der Waals surface area (Å²) in [6, 6.07) is 15.4. The van der Waals surface area contributed by atoms with E-state index in [1.54, 1.807) is 31.2 Å². The maximum atomic E-state index is 16.1. The monoisotopic (exact) mass is 855 g/mol. The molecule has 0 radical (unpaired) electrons. The van der Waals surface area contributed by atoms with Crippen molar-refractivity contribution >= 4 is 29.8 Å². The first kappa shape index (κ1) is 44.7. The summed E-state index contributed by atoms with van der Waals surface area (Å²) in [6.45, 7) is 5.51. The number of thioether (sulfide) groups is 1. The minimum atomic E-state index is -1.88. The van der Waals surface area contributed by atoms with E-state index in [0.717, 1.165) is 38.3 Å². The van der Waals surface area contributed by atoms with Gasteiger partial charge in [0, 0.05) is 60.7 Å². The third kappa shape index (κ3) is 11.9. The number of esters is 2. The zero-order valence-corrected chi connectivity index (χ0v) is 34.4. The van der Waals surface area contributed by atoms with Crippen LogP contribution in [0.2, 0.25) is 0 Å². The molecule has 318 valence electrons. The van der Waals surface area contributed by atoms with Gasteiger partial charge in [0.05, 0.1) is 60.3 Å². The Morgan fingerprint density at radius 3 is 2.41 bits per heavy atom. The molecule has 2 atom stereocenters. The normalized spacial score (nSPS) is 18.9. The number of carbonyl (C=O) groups excluding carboxylic acids is 2. The van der Waals surface area contributed by atoms with Crippen LogP contribution in [0.3, 0.4) is 0 Å². The van der Waals surface area contributed by atoms with Crippen molar-refractivity contribution in [2.75, 3.05) is 53.0 Å². The number of piperazine rings is 1. The first-order valence-electron chi connectivity index (χ1n) is 19.5. The third-order valence-electron chi connectivity index (χ3n) is 10.3. The van der Waals surface area contributed by atoms with Gasteiger partial charge in [0.2, 0.25) is 0 Å². The molecule has 2 aliphatic rings. The van der Waals surface area contributed by atoms with Crippen LogP contribution >= 0.6 is 11.8 Å². The van der Waals surface area contributed by atoms with E-state index in [2.05, 4.69) is 19.9 Å². The number of hydrogen-bond donors (Lipinski definition) is 0. The van der Waals surface area contributed by atoms with E-state index < -0.39 is 46.5 Å². The van der Waals surface area contributed by atoms with Crippen molar-refractivity contribution in [2.45, 2.75) is 48.9 Å². The summed E-state index contributed by atoms with van der Waals surface area (Å²) < 4.78 is 70.1. The molecular weight excluding hydrogens is 812 g/mol. The largest absolute Gasteiger partial charge is 0.461 e. The SMILES string of the molecule is C[C@@H](SC1COC(/C=C/C=C/c2ccc(C#N)cc2F)OC1)[C@@](Cn1cncn1)(OC(=O)c1cc(C#N)ccc1COC(=O)CCN1CCN(C)CC1)c1ccc(F)cc1F. The summed E-state index contributed by atoms with van der Waals surface area (Å²) in [4.78, 5) is 35.8. The molecule has 17 heteroatoms. The van der Waals surface area contributed by atoms with Gasteiger partial charge in [-0.15, -0.1) is 11.8 Å². The molecule has 0 unspecified atom stereocenters. The van der Waals surface area contributed by atoms with Crippen LogP contribution in [0.1, 0.15) is 51.5 Å². The van der Waals surface area contributed by atoms with Crippen molar-refractivity contribution in [3.05, 3.63) is 136 Å². The predicted octanol–water partition coefficient (Wildman–Crippen LogP) is 6.00. The minimum Gasteiger partial charge on any atom is -0.461 e. The van der Waals surface area contributed by atoms with E-state index in [1.165, 1.54) is 65.5 Å². The lowest BCUT2D eigenvalue weighted by Gasteiger charge is -2.40. The van der Waals surface area contributed by atoms with Gasteiger partial charge in [0.1, 0.15) is 36.7 Å². The summed E-state index contributed by atoms with van der Waals surface area (Å²) in [5.41, 5.74) is -1.19. The zero-order valence-electron chi connectivity index (χ0n) is 33.6. The Kier molecular flexibility index (Phi) is 15.5. The lowest BCUT2D eigenvalue weighted by atomic mass is 9.89. The molecule has 3 heterocycles. The second-order valence-electron chi connectivity index (χ2n) is 14.6. The molecule has 2 saturated heterocycles. The number of aromatic nitrogens is 3. The summed E-state index contributed by atoms with van der Waals surface area (Å²) >= 11 is 1.29. The highest BCUT2D eigenvalue weighted by Crippen LogP contribution is 2.42.